The number of fused-ring (bicyclic) bond motifs is 1. The molecular weight excluding hydrogens is 395 g/mol. The Balaban J connectivity index is 1.58. The van der Waals surface area contributed by atoms with Crippen molar-refractivity contribution < 1.29 is 9.18 Å². The first-order chi connectivity index (χ1) is 13.9. The third kappa shape index (κ3) is 3.90. The van der Waals surface area contributed by atoms with Crippen LogP contribution in [0.5, 0.6) is 0 Å². The summed E-state index contributed by atoms with van der Waals surface area (Å²) in [7, 11) is 0. The Morgan fingerprint density at radius 1 is 1.14 bits per heavy atom. The molecule has 0 saturated heterocycles. The van der Waals surface area contributed by atoms with Crippen molar-refractivity contribution in [3.05, 3.63) is 87.7 Å². The van der Waals surface area contributed by atoms with Gasteiger partial charge in [-0.15, -0.1) is 0 Å². The summed E-state index contributed by atoms with van der Waals surface area (Å²) in [6.45, 7) is 1.80. The van der Waals surface area contributed by atoms with E-state index in [1.54, 1.807) is 12.3 Å². The van der Waals surface area contributed by atoms with Gasteiger partial charge in [0, 0.05) is 23.6 Å². The van der Waals surface area contributed by atoms with Gasteiger partial charge in [-0.1, -0.05) is 41.4 Å². The zero-order valence-corrected chi connectivity index (χ0v) is 16.2. The van der Waals surface area contributed by atoms with E-state index in [1.807, 2.05) is 31.2 Å². The van der Waals surface area contributed by atoms with Crippen molar-refractivity contribution in [2.24, 2.45) is 0 Å². The molecule has 6 nitrogen and oxygen atoms in total. The highest BCUT2D eigenvalue weighted by Gasteiger charge is 2.12. The summed E-state index contributed by atoms with van der Waals surface area (Å²) in [5.74, 6) is -1.01. The van der Waals surface area contributed by atoms with E-state index in [-0.39, 0.29) is 17.1 Å². The van der Waals surface area contributed by atoms with E-state index in [1.165, 1.54) is 27.4 Å². The normalized spacial score (nSPS) is 11.0. The highest BCUT2D eigenvalue weighted by Crippen LogP contribution is 2.20. The number of nitrogens with one attached hydrogen (secondary N) is 1. The monoisotopic (exact) mass is 410 g/mol. The summed E-state index contributed by atoms with van der Waals surface area (Å²) in [5, 5.41) is 6.94. The van der Waals surface area contributed by atoms with E-state index in [0.717, 1.165) is 17.2 Å². The van der Waals surface area contributed by atoms with E-state index in [9.17, 15) is 14.0 Å². The van der Waals surface area contributed by atoms with Crippen molar-refractivity contribution in [3.63, 3.8) is 0 Å². The Labute approximate surface area is 170 Å². The number of carbonyl (C=O) groups is 1. The summed E-state index contributed by atoms with van der Waals surface area (Å²) in [5.41, 5.74) is 3.07. The molecular formula is C21H16ClFN4O2. The van der Waals surface area contributed by atoms with Crippen LogP contribution in [0.15, 0.2) is 65.7 Å². The van der Waals surface area contributed by atoms with Gasteiger partial charge in [-0.2, -0.15) is 5.10 Å². The summed E-state index contributed by atoms with van der Waals surface area (Å²) in [6.07, 6.45) is 3.12. The summed E-state index contributed by atoms with van der Waals surface area (Å²) in [4.78, 5) is 25.1. The molecule has 8 heteroatoms. The number of halogens is 2. The van der Waals surface area contributed by atoms with Gasteiger partial charge in [0.15, 0.2) is 0 Å². The minimum atomic E-state index is -0.573. The number of hydrogen-bond acceptors (Lipinski definition) is 3. The fourth-order valence-electron chi connectivity index (χ4n) is 2.95. The number of benzene rings is 2. The molecule has 146 valence electrons. The van der Waals surface area contributed by atoms with Crippen molar-refractivity contribution >= 4 is 28.7 Å². The first-order valence-electron chi connectivity index (χ1n) is 8.81. The second kappa shape index (κ2) is 7.52. The number of nitrogens with zero attached hydrogens (tertiary/aromatic N) is 3. The van der Waals surface area contributed by atoms with Crippen molar-refractivity contribution in [1.29, 1.82) is 0 Å². The van der Waals surface area contributed by atoms with E-state index >= 15 is 0 Å². The molecule has 0 radical (unpaired) electrons. The van der Waals surface area contributed by atoms with Crippen LogP contribution in [0, 0.1) is 12.7 Å². The molecule has 0 fully saturated rings. The molecule has 4 rings (SSSR count). The molecule has 29 heavy (non-hydrogen) atoms. The Morgan fingerprint density at radius 2 is 1.90 bits per heavy atom. The van der Waals surface area contributed by atoms with Gasteiger partial charge in [-0.3, -0.25) is 9.59 Å². The van der Waals surface area contributed by atoms with Gasteiger partial charge < -0.3 is 9.88 Å². The smallest absolute Gasteiger partial charge is 0.277 e. The lowest BCUT2D eigenvalue weighted by molar-refractivity contribution is -0.116. The van der Waals surface area contributed by atoms with Crippen molar-refractivity contribution in [2.45, 2.75) is 13.5 Å². The second-order valence-corrected chi connectivity index (χ2v) is 7.04. The number of rotatable bonds is 4. The molecule has 0 bridgehead atoms. The molecule has 0 spiro atoms. The third-order valence-electron chi connectivity index (χ3n) is 4.47. The average Bonchev–Trinajstić information content (AvgIpc) is 3.13. The zero-order chi connectivity index (χ0) is 20.5. The Kier molecular flexibility index (Phi) is 4.90. The fraction of sp³-hybridized carbons (Fsp3) is 0.0952. The number of hydrogen-bond donors (Lipinski definition) is 1. The average molecular weight is 411 g/mol. The van der Waals surface area contributed by atoms with Crippen LogP contribution in [0.2, 0.25) is 5.02 Å². The molecule has 0 saturated carbocycles. The van der Waals surface area contributed by atoms with Gasteiger partial charge in [-0.05, 0) is 31.2 Å². The lowest BCUT2D eigenvalue weighted by Crippen LogP contribution is -2.28. The van der Waals surface area contributed by atoms with Crippen LogP contribution >= 0.6 is 11.6 Å². The third-order valence-corrected chi connectivity index (χ3v) is 4.76. The summed E-state index contributed by atoms with van der Waals surface area (Å²) >= 11 is 5.72. The van der Waals surface area contributed by atoms with Gasteiger partial charge in [0.05, 0.1) is 10.7 Å². The van der Waals surface area contributed by atoms with Crippen LogP contribution in [0.4, 0.5) is 10.1 Å². The number of carbonyl (C=O) groups excluding carboxylic acids is 1. The number of aryl methyl sites for hydroxylation is 1. The molecule has 2 aromatic heterocycles. The Morgan fingerprint density at radius 3 is 2.62 bits per heavy atom. The van der Waals surface area contributed by atoms with Crippen molar-refractivity contribution in [3.8, 4) is 11.3 Å². The quantitative estimate of drug-likeness (QED) is 0.554. The molecule has 4 aromatic rings. The maximum absolute atomic E-state index is 13.2. The lowest BCUT2D eigenvalue weighted by atomic mass is 10.1. The van der Waals surface area contributed by atoms with E-state index < -0.39 is 11.7 Å². The van der Waals surface area contributed by atoms with Crippen LogP contribution in [0.3, 0.4) is 0 Å². The van der Waals surface area contributed by atoms with Gasteiger partial charge in [0.1, 0.15) is 17.9 Å². The van der Waals surface area contributed by atoms with Gasteiger partial charge >= 0.3 is 0 Å². The van der Waals surface area contributed by atoms with Crippen LogP contribution < -0.4 is 10.9 Å². The van der Waals surface area contributed by atoms with Crippen molar-refractivity contribution in [1.82, 2.24) is 14.2 Å². The highest BCUT2D eigenvalue weighted by molar-refractivity contribution is 6.31. The van der Waals surface area contributed by atoms with E-state index in [2.05, 4.69) is 10.4 Å². The molecule has 0 atom stereocenters. The predicted octanol–water partition coefficient (Wildman–Crippen LogP) is 3.90. The lowest BCUT2D eigenvalue weighted by Gasteiger charge is -2.08. The SMILES string of the molecule is Cc1ccc(-c2cc3c(=O)n(CC(=O)Nc4ccc(F)c(Cl)c4)ccn3n2)cc1. The van der Waals surface area contributed by atoms with Crippen LogP contribution in [-0.4, -0.2) is 20.1 Å². The molecule has 0 unspecified atom stereocenters. The molecule has 2 aromatic carbocycles. The first kappa shape index (κ1) is 18.9. The molecule has 0 aliphatic rings. The number of anilines is 1. The number of amides is 1. The summed E-state index contributed by atoms with van der Waals surface area (Å²) in [6, 6.07) is 13.4. The maximum atomic E-state index is 13.2. The molecule has 2 heterocycles. The predicted molar refractivity (Wildman–Crippen MR) is 110 cm³/mol. The van der Waals surface area contributed by atoms with Crippen LogP contribution in [0.1, 0.15) is 5.56 Å². The molecule has 1 N–H and O–H groups in total. The maximum Gasteiger partial charge on any atom is 0.277 e. The fourth-order valence-corrected chi connectivity index (χ4v) is 3.13. The molecule has 0 aliphatic heterocycles. The minimum Gasteiger partial charge on any atom is -0.324 e. The van der Waals surface area contributed by atoms with E-state index in [4.69, 9.17) is 11.6 Å². The highest BCUT2D eigenvalue weighted by atomic mass is 35.5. The topological polar surface area (TPSA) is 68.4 Å². The van der Waals surface area contributed by atoms with Gasteiger partial charge in [-0.25, -0.2) is 8.91 Å². The van der Waals surface area contributed by atoms with Gasteiger partial charge in [0.2, 0.25) is 5.91 Å². The summed E-state index contributed by atoms with van der Waals surface area (Å²) < 4.78 is 16.0. The Bertz CT molecular complexity index is 1280. The van der Waals surface area contributed by atoms with Crippen molar-refractivity contribution in [2.75, 3.05) is 5.32 Å². The molecule has 0 aliphatic carbocycles. The standard InChI is InChI=1S/C21H16ClFN4O2/c1-13-2-4-14(5-3-13)18-11-19-21(29)26(8-9-27(19)25-18)12-20(28)24-15-6-7-17(23)16(22)10-15/h2-11H,12H2,1H3,(H,24,28). The van der Waals surface area contributed by atoms with Crippen LogP contribution in [-0.2, 0) is 11.3 Å². The van der Waals surface area contributed by atoms with Crippen LogP contribution in [0.25, 0.3) is 16.8 Å². The van der Waals surface area contributed by atoms with E-state index in [0.29, 0.717) is 16.9 Å². The molecule has 1 amide bonds. The Hall–Kier alpha value is -3.45. The zero-order valence-electron chi connectivity index (χ0n) is 15.4. The largest absolute Gasteiger partial charge is 0.324 e. The second-order valence-electron chi connectivity index (χ2n) is 6.63. The first-order valence-corrected chi connectivity index (χ1v) is 9.19. The van der Waals surface area contributed by atoms with Gasteiger partial charge in [0.25, 0.3) is 5.56 Å². The minimum absolute atomic E-state index is 0.0933. The number of aromatic nitrogens is 3.